The Labute approximate surface area is 190 Å². The van der Waals surface area contributed by atoms with Crippen LogP contribution in [0.2, 0.25) is 0 Å². The van der Waals surface area contributed by atoms with E-state index in [4.69, 9.17) is 9.47 Å². The maximum absolute atomic E-state index is 6.54. The normalized spacial score (nSPS) is 30.7. The van der Waals surface area contributed by atoms with Gasteiger partial charge >= 0.3 is 0 Å². The SMILES string of the molecule is CN=C(NCC1(N2CCOCC2)CCSC1)NC1CC2(CCCC2)Oc2ccccc21. The molecular weight excluding hydrogens is 408 g/mol. The van der Waals surface area contributed by atoms with Crippen molar-refractivity contribution in [2.45, 2.75) is 55.7 Å². The van der Waals surface area contributed by atoms with Crippen molar-refractivity contribution in [2.24, 2.45) is 4.99 Å². The van der Waals surface area contributed by atoms with Crippen molar-refractivity contribution in [3.8, 4) is 5.75 Å². The van der Waals surface area contributed by atoms with Gasteiger partial charge in [-0.1, -0.05) is 18.2 Å². The van der Waals surface area contributed by atoms with E-state index in [1.807, 2.05) is 7.05 Å². The van der Waals surface area contributed by atoms with Gasteiger partial charge in [0.1, 0.15) is 11.4 Å². The monoisotopic (exact) mass is 444 g/mol. The lowest BCUT2D eigenvalue weighted by atomic mass is 9.86. The molecular formula is C24H36N4O2S. The van der Waals surface area contributed by atoms with Crippen molar-refractivity contribution in [1.82, 2.24) is 15.5 Å². The number of thioether (sulfide) groups is 1. The molecule has 2 saturated heterocycles. The quantitative estimate of drug-likeness (QED) is 0.550. The number of morpholine rings is 1. The molecule has 7 heteroatoms. The molecule has 0 aromatic heterocycles. The number of nitrogens with zero attached hydrogens (tertiary/aromatic N) is 2. The molecule has 170 valence electrons. The van der Waals surface area contributed by atoms with Gasteiger partial charge in [0.15, 0.2) is 5.96 Å². The molecule has 31 heavy (non-hydrogen) atoms. The van der Waals surface area contributed by atoms with Crippen LogP contribution in [0, 0.1) is 0 Å². The second-order valence-corrected chi connectivity index (χ2v) is 10.6. The number of aliphatic imine (C=N–C) groups is 1. The highest BCUT2D eigenvalue weighted by atomic mass is 32.2. The van der Waals surface area contributed by atoms with E-state index in [0.717, 1.165) is 63.8 Å². The number of benzene rings is 1. The molecule has 6 nitrogen and oxygen atoms in total. The predicted molar refractivity (Wildman–Crippen MR) is 127 cm³/mol. The van der Waals surface area contributed by atoms with Crippen LogP contribution in [0.1, 0.15) is 50.1 Å². The van der Waals surface area contributed by atoms with Gasteiger partial charge in [-0.2, -0.15) is 11.8 Å². The van der Waals surface area contributed by atoms with E-state index < -0.39 is 0 Å². The Bertz CT molecular complexity index is 784. The molecule has 0 amide bonds. The van der Waals surface area contributed by atoms with Gasteiger partial charge in [-0.15, -0.1) is 0 Å². The second-order valence-electron chi connectivity index (χ2n) is 9.48. The number of rotatable bonds is 4. The molecule has 2 atom stereocenters. The van der Waals surface area contributed by atoms with Crippen LogP contribution < -0.4 is 15.4 Å². The highest BCUT2D eigenvalue weighted by molar-refractivity contribution is 7.99. The Morgan fingerprint density at radius 3 is 2.74 bits per heavy atom. The van der Waals surface area contributed by atoms with Gasteiger partial charge in [-0.05, 0) is 43.9 Å². The van der Waals surface area contributed by atoms with Crippen molar-refractivity contribution < 1.29 is 9.47 Å². The topological polar surface area (TPSA) is 58.1 Å². The summed E-state index contributed by atoms with van der Waals surface area (Å²) >= 11 is 2.07. The number of guanidine groups is 1. The van der Waals surface area contributed by atoms with Crippen LogP contribution in [0.5, 0.6) is 5.75 Å². The third-order valence-corrected chi connectivity index (χ3v) is 8.83. The Morgan fingerprint density at radius 1 is 1.19 bits per heavy atom. The fraction of sp³-hybridized carbons (Fsp3) is 0.708. The number of hydrogen-bond donors (Lipinski definition) is 2. The molecule has 0 bridgehead atoms. The molecule has 2 N–H and O–H groups in total. The summed E-state index contributed by atoms with van der Waals surface area (Å²) in [5, 5.41) is 7.47. The first-order valence-corrected chi connectivity index (χ1v) is 13.0. The van der Waals surface area contributed by atoms with Crippen LogP contribution in [0.15, 0.2) is 29.3 Å². The summed E-state index contributed by atoms with van der Waals surface area (Å²) in [4.78, 5) is 7.26. The zero-order chi connectivity index (χ0) is 21.2. The Hall–Kier alpha value is -1.44. The van der Waals surface area contributed by atoms with E-state index in [0.29, 0.717) is 0 Å². The summed E-state index contributed by atoms with van der Waals surface area (Å²) < 4.78 is 12.2. The van der Waals surface area contributed by atoms with Crippen LogP contribution in [-0.2, 0) is 4.74 Å². The largest absolute Gasteiger partial charge is 0.487 e. The lowest BCUT2D eigenvalue weighted by Crippen LogP contribution is -2.60. The summed E-state index contributed by atoms with van der Waals surface area (Å²) in [5.41, 5.74) is 1.44. The highest BCUT2D eigenvalue weighted by Gasteiger charge is 2.44. The highest BCUT2D eigenvalue weighted by Crippen LogP contribution is 2.47. The molecule has 1 spiro atoms. The van der Waals surface area contributed by atoms with Crippen molar-refractivity contribution in [3.63, 3.8) is 0 Å². The lowest BCUT2D eigenvalue weighted by molar-refractivity contribution is -0.0120. The maximum Gasteiger partial charge on any atom is 0.191 e. The average Bonchev–Trinajstić information content (AvgIpc) is 3.48. The molecule has 1 saturated carbocycles. The third-order valence-electron chi connectivity index (χ3n) is 7.60. The van der Waals surface area contributed by atoms with E-state index in [1.54, 1.807) is 0 Å². The van der Waals surface area contributed by atoms with Gasteiger partial charge in [-0.3, -0.25) is 9.89 Å². The molecule has 0 radical (unpaired) electrons. The second kappa shape index (κ2) is 9.20. The molecule has 2 unspecified atom stereocenters. The first-order valence-electron chi connectivity index (χ1n) is 11.9. The van der Waals surface area contributed by atoms with Crippen LogP contribution in [-0.4, -0.2) is 73.4 Å². The molecule has 3 fully saturated rings. The summed E-state index contributed by atoms with van der Waals surface area (Å²) in [6, 6.07) is 8.75. The van der Waals surface area contributed by atoms with Gasteiger partial charge in [-0.25, -0.2) is 0 Å². The van der Waals surface area contributed by atoms with Gasteiger partial charge in [0.05, 0.1) is 19.3 Å². The standard InChI is InChI=1S/C24H36N4O2S/c1-25-22(26-17-23(10-15-31-18-23)28-11-13-29-14-12-28)27-20-16-24(8-4-5-9-24)30-21-7-3-2-6-19(20)21/h2-3,6-7,20H,4-5,8-18H2,1H3,(H2,25,26,27). The van der Waals surface area contributed by atoms with E-state index in [9.17, 15) is 0 Å². The molecule has 1 aromatic rings. The minimum Gasteiger partial charge on any atom is -0.487 e. The van der Waals surface area contributed by atoms with Gasteiger partial charge in [0.2, 0.25) is 0 Å². The van der Waals surface area contributed by atoms with Gasteiger partial charge in [0.25, 0.3) is 0 Å². The number of nitrogens with one attached hydrogen (secondary N) is 2. The first-order chi connectivity index (χ1) is 15.2. The molecule has 1 aliphatic carbocycles. The van der Waals surface area contributed by atoms with E-state index in [2.05, 4.69) is 56.6 Å². The van der Waals surface area contributed by atoms with Crippen LogP contribution >= 0.6 is 11.8 Å². The smallest absolute Gasteiger partial charge is 0.191 e. The van der Waals surface area contributed by atoms with E-state index in [-0.39, 0.29) is 17.2 Å². The summed E-state index contributed by atoms with van der Waals surface area (Å²) in [7, 11) is 1.89. The zero-order valence-electron chi connectivity index (χ0n) is 18.7. The third kappa shape index (κ3) is 4.41. The van der Waals surface area contributed by atoms with Gasteiger partial charge in [0, 0.05) is 50.0 Å². The summed E-state index contributed by atoms with van der Waals surface area (Å²) in [6.45, 7) is 4.69. The van der Waals surface area contributed by atoms with Crippen LogP contribution in [0.25, 0.3) is 0 Å². The summed E-state index contributed by atoms with van der Waals surface area (Å²) in [6.07, 6.45) is 7.08. The molecule has 5 rings (SSSR count). The van der Waals surface area contributed by atoms with Crippen molar-refractivity contribution in [2.75, 3.05) is 51.4 Å². The molecule has 1 aromatic carbocycles. The first kappa shape index (κ1) is 21.4. The summed E-state index contributed by atoms with van der Waals surface area (Å²) in [5.74, 6) is 4.36. The van der Waals surface area contributed by atoms with Crippen molar-refractivity contribution in [3.05, 3.63) is 29.8 Å². The minimum absolute atomic E-state index is 0.0119. The number of fused-ring (bicyclic) bond motifs is 1. The van der Waals surface area contributed by atoms with Gasteiger partial charge < -0.3 is 20.1 Å². The predicted octanol–water partition coefficient (Wildman–Crippen LogP) is 3.20. The maximum atomic E-state index is 6.54. The average molecular weight is 445 g/mol. The van der Waals surface area contributed by atoms with Crippen molar-refractivity contribution >= 4 is 17.7 Å². The fourth-order valence-corrected chi connectivity index (χ4v) is 7.29. The van der Waals surface area contributed by atoms with E-state index >= 15 is 0 Å². The lowest BCUT2D eigenvalue weighted by Gasteiger charge is -2.43. The molecule has 3 aliphatic heterocycles. The van der Waals surface area contributed by atoms with Crippen molar-refractivity contribution in [1.29, 1.82) is 0 Å². The number of ether oxygens (including phenoxy) is 2. The number of hydrogen-bond acceptors (Lipinski definition) is 5. The van der Waals surface area contributed by atoms with E-state index in [1.165, 1.54) is 36.3 Å². The molecule has 4 aliphatic rings. The fourth-order valence-electron chi connectivity index (χ4n) is 5.82. The zero-order valence-corrected chi connectivity index (χ0v) is 19.5. The molecule has 3 heterocycles. The Morgan fingerprint density at radius 2 is 2.00 bits per heavy atom. The van der Waals surface area contributed by atoms with Crippen LogP contribution in [0.4, 0.5) is 0 Å². The number of para-hydroxylation sites is 1. The van der Waals surface area contributed by atoms with Crippen LogP contribution in [0.3, 0.4) is 0 Å². The Kier molecular flexibility index (Phi) is 6.35. The Balaban J connectivity index is 1.29. The minimum atomic E-state index is -0.0119.